The summed E-state index contributed by atoms with van der Waals surface area (Å²) in [6.45, 7) is 4.40. The first-order chi connectivity index (χ1) is 17.5. The summed E-state index contributed by atoms with van der Waals surface area (Å²) < 4.78 is 22.7. The average Bonchev–Trinajstić information content (AvgIpc) is 2.88. The highest BCUT2D eigenvalue weighted by molar-refractivity contribution is 5.74. The minimum absolute atomic E-state index is 0.00421. The molecule has 0 saturated heterocycles. The molecule has 4 rings (SSSR count). The molecule has 0 bridgehead atoms. The predicted molar refractivity (Wildman–Crippen MR) is 135 cm³/mol. The number of carbonyl (C=O) groups excluding carboxylic acids is 1. The Labute approximate surface area is 210 Å². The molecule has 0 fully saturated rings. The van der Waals surface area contributed by atoms with Crippen molar-refractivity contribution in [3.63, 3.8) is 0 Å². The topological polar surface area (TPSA) is 104 Å². The molecule has 7 nitrogen and oxygen atoms in total. The molecule has 3 aromatic rings. The lowest BCUT2D eigenvalue weighted by Crippen LogP contribution is -2.22. The largest absolute Gasteiger partial charge is 0.493 e. The highest BCUT2D eigenvalue weighted by Gasteiger charge is 2.33. The van der Waals surface area contributed by atoms with Gasteiger partial charge in [0.2, 0.25) is 5.88 Å². The molecule has 7 heteroatoms. The number of rotatable bonds is 9. The first kappa shape index (κ1) is 24.7. The number of fused-ring (bicyclic) bond motifs is 1. The molecule has 1 unspecified atom stereocenters. The fourth-order valence-corrected chi connectivity index (χ4v) is 3.93. The number of hydrogen-bond acceptors (Lipinski definition) is 7. The van der Waals surface area contributed by atoms with E-state index in [0.717, 1.165) is 29.5 Å². The zero-order valence-electron chi connectivity index (χ0n) is 20.3. The molecule has 0 spiro atoms. The standard InChI is InChI=1S/C29H28N2O5/c1-3-4-15-33-25-8-6-5-7-22(25)28-23-14-13-21(16-26(23)36-29(31)24(28)17-30)35-27(32)18-34-20-11-9-19(2)10-12-20/h5-14,16,28H,3-4,15,18,31H2,1-2H3. The summed E-state index contributed by atoms with van der Waals surface area (Å²) in [6.07, 6.45) is 1.93. The van der Waals surface area contributed by atoms with Crippen LogP contribution in [-0.2, 0) is 4.79 Å². The summed E-state index contributed by atoms with van der Waals surface area (Å²) in [6, 6.07) is 22.2. The van der Waals surface area contributed by atoms with E-state index in [4.69, 9.17) is 24.7 Å². The number of esters is 1. The zero-order chi connectivity index (χ0) is 25.5. The van der Waals surface area contributed by atoms with E-state index >= 15 is 0 Å². The number of aryl methyl sites for hydroxylation is 1. The molecule has 2 N–H and O–H groups in total. The molecule has 0 radical (unpaired) electrons. The van der Waals surface area contributed by atoms with Crippen molar-refractivity contribution < 1.29 is 23.7 Å². The van der Waals surface area contributed by atoms with Gasteiger partial charge in [0.1, 0.15) is 34.6 Å². The summed E-state index contributed by atoms with van der Waals surface area (Å²) in [7, 11) is 0. The number of hydrogen-bond donors (Lipinski definition) is 1. The fraction of sp³-hybridized carbons (Fsp3) is 0.241. The Morgan fingerprint density at radius 2 is 1.78 bits per heavy atom. The molecule has 1 atom stereocenters. The lowest BCUT2D eigenvalue weighted by Gasteiger charge is -2.28. The van der Waals surface area contributed by atoms with Crippen LogP contribution in [0.1, 0.15) is 42.4 Å². The maximum absolute atomic E-state index is 12.4. The second kappa shape index (κ2) is 11.3. The number of unbranched alkanes of at least 4 members (excludes halogenated alkanes) is 1. The molecule has 184 valence electrons. The number of para-hydroxylation sites is 1. The minimum Gasteiger partial charge on any atom is -0.493 e. The van der Waals surface area contributed by atoms with E-state index < -0.39 is 11.9 Å². The van der Waals surface area contributed by atoms with Crippen LogP contribution in [0.4, 0.5) is 0 Å². The van der Waals surface area contributed by atoms with Gasteiger partial charge in [0.15, 0.2) is 6.61 Å². The van der Waals surface area contributed by atoms with Crippen LogP contribution >= 0.6 is 0 Å². The van der Waals surface area contributed by atoms with E-state index in [-0.39, 0.29) is 18.2 Å². The van der Waals surface area contributed by atoms with E-state index in [1.54, 1.807) is 30.3 Å². The van der Waals surface area contributed by atoms with Gasteiger partial charge in [-0.3, -0.25) is 0 Å². The Morgan fingerprint density at radius 1 is 1.03 bits per heavy atom. The van der Waals surface area contributed by atoms with Crippen molar-refractivity contribution in [2.75, 3.05) is 13.2 Å². The number of allylic oxidation sites excluding steroid dienone is 1. The number of ether oxygens (including phenoxy) is 4. The normalized spacial score (nSPS) is 14.3. The fourth-order valence-electron chi connectivity index (χ4n) is 3.93. The number of nitrogens with two attached hydrogens (primary N) is 1. The van der Waals surface area contributed by atoms with Gasteiger partial charge in [0.05, 0.1) is 12.5 Å². The molecule has 1 heterocycles. The van der Waals surface area contributed by atoms with Crippen molar-refractivity contribution in [3.8, 4) is 29.1 Å². The first-order valence-electron chi connectivity index (χ1n) is 11.8. The van der Waals surface area contributed by atoms with Crippen molar-refractivity contribution in [3.05, 3.63) is 94.9 Å². The van der Waals surface area contributed by atoms with Gasteiger partial charge in [0, 0.05) is 17.2 Å². The Balaban J connectivity index is 1.56. The third-order valence-electron chi connectivity index (χ3n) is 5.79. The van der Waals surface area contributed by atoms with E-state index in [1.165, 1.54) is 0 Å². The Hall–Kier alpha value is -4.44. The smallest absolute Gasteiger partial charge is 0.349 e. The van der Waals surface area contributed by atoms with Crippen molar-refractivity contribution in [2.24, 2.45) is 5.73 Å². The molecule has 1 aliphatic rings. The second-order valence-electron chi connectivity index (χ2n) is 8.44. The molecule has 0 aliphatic carbocycles. The van der Waals surface area contributed by atoms with Crippen molar-refractivity contribution in [1.82, 2.24) is 0 Å². The lowest BCUT2D eigenvalue weighted by atomic mass is 9.83. The van der Waals surface area contributed by atoms with Gasteiger partial charge in [-0.05, 0) is 37.6 Å². The van der Waals surface area contributed by atoms with Crippen LogP contribution in [0.5, 0.6) is 23.0 Å². The summed E-state index contributed by atoms with van der Waals surface area (Å²) >= 11 is 0. The SMILES string of the molecule is CCCCOc1ccccc1C1C(C#N)=C(N)Oc2cc(OC(=O)COc3ccc(C)cc3)ccc21. The van der Waals surface area contributed by atoms with Crippen LogP contribution in [0.15, 0.2) is 78.2 Å². The van der Waals surface area contributed by atoms with E-state index in [2.05, 4.69) is 13.0 Å². The van der Waals surface area contributed by atoms with Crippen LogP contribution in [0.2, 0.25) is 0 Å². The van der Waals surface area contributed by atoms with Crippen LogP contribution in [-0.4, -0.2) is 19.2 Å². The summed E-state index contributed by atoms with van der Waals surface area (Å²) in [5.74, 6) is 0.925. The maximum atomic E-state index is 12.4. The Morgan fingerprint density at radius 3 is 2.53 bits per heavy atom. The van der Waals surface area contributed by atoms with Crippen LogP contribution in [0, 0.1) is 18.3 Å². The van der Waals surface area contributed by atoms with Gasteiger partial charge in [0.25, 0.3) is 0 Å². The lowest BCUT2D eigenvalue weighted by molar-refractivity contribution is -0.136. The van der Waals surface area contributed by atoms with Crippen molar-refractivity contribution in [2.45, 2.75) is 32.6 Å². The predicted octanol–water partition coefficient (Wildman–Crippen LogP) is 5.38. The number of carbonyl (C=O) groups is 1. The minimum atomic E-state index is -0.557. The van der Waals surface area contributed by atoms with Crippen LogP contribution < -0.4 is 24.7 Å². The third-order valence-corrected chi connectivity index (χ3v) is 5.79. The molecule has 0 aromatic heterocycles. The van der Waals surface area contributed by atoms with E-state index in [9.17, 15) is 10.1 Å². The summed E-state index contributed by atoms with van der Waals surface area (Å²) in [5, 5.41) is 9.87. The molecule has 0 saturated carbocycles. The number of benzene rings is 3. The van der Waals surface area contributed by atoms with Crippen LogP contribution in [0.25, 0.3) is 0 Å². The van der Waals surface area contributed by atoms with E-state index in [1.807, 2.05) is 43.3 Å². The summed E-state index contributed by atoms with van der Waals surface area (Å²) in [5.41, 5.74) is 9.08. The molecule has 0 amide bonds. The number of nitriles is 1. The quantitative estimate of drug-likeness (QED) is 0.247. The van der Waals surface area contributed by atoms with Gasteiger partial charge >= 0.3 is 5.97 Å². The molecular weight excluding hydrogens is 456 g/mol. The van der Waals surface area contributed by atoms with Gasteiger partial charge in [-0.25, -0.2) is 4.79 Å². The number of nitrogens with zero attached hydrogens (tertiary/aromatic N) is 1. The molecule has 1 aliphatic heterocycles. The monoisotopic (exact) mass is 484 g/mol. The first-order valence-corrected chi connectivity index (χ1v) is 11.8. The van der Waals surface area contributed by atoms with Gasteiger partial charge in [-0.2, -0.15) is 5.26 Å². The second-order valence-corrected chi connectivity index (χ2v) is 8.44. The Bertz CT molecular complexity index is 1310. The van der Waals surface area contributed by atoms with Gasteiger partial charge in [-0.1, -0.05) is 55.3 Å². The van der Waals surface area contributed by atoms with Crippen molar-refractivity contribution in [1.29, 1.82) is 5.26 Å². The average molecular weight is 485 g/mol. The van der Waals surface area contributed by atoms with E-state index in [0.29, 0.717) is 29.4 Å². The molecular formula is C29H28N2O5. The molecule has 3 aromatic carbocycles. The van der Waals surface area contributed by atoms with Gasteiger partial charge in [-0.15, -0.1) is 0 Å². The zero-order valence-corrected chi connectivity index (χ0v) is 20.3. The summed E-state index contributed by atoms with van der Waals surface area (Å²) in [4.78, 5) is 12.4. The Kier molecular flexibility index (Phi) is 7.76. The highest BCUT2D eigenvalue weighted by Crippen LogP contribution is 2.45. The highest BCUT2D eigenvalue weighted by atomic mass is 16.6. The maximum Gasteiger partial charge on any atom is 0.349 e. The van der Waals surface area contributed by atoms with Crippen LogP contribution in [0.3, 0.4) is 0 Å². The van der Waals surface area contributed by atoms with Gasteiger partial charge < -0.3 is 24.7 Å². The van der Waals surface area contributed by atoms with Crippen molar-refractivity contribution >= 4 is 5.97 Å². The third kappa shape index (κ3) is 5.61. The molecule has 36 heavy (non-hydrogen) atoms.